The molecule has 1 aliphatic rings. The van der Waals surface area contributed by atoms with E-state index in [-0.39, 0.29) is 0 Å². The molecule has 1 fully saturated rings. The summed E-state index contributed by atoms with van der Waals surface area (Å²) in [6.45, 7) is 3.80. The summed E-state index contributed by atoms with van der Waals surface area (Å²) in [6, 6.07) is 5.96. The van der Waals surface area contributed by atoms with Gasteiger partial charge < -0.3 is 29.5 Å². The zero-order valence-corrected chi connectivity index (χ0v) is 14.3. The maximum atomic E-state index is 10.6. The fourth-order valence-electron chi connectivity index (χ4n) is 2.82. The Morgan fingerprint density at radius 3 is 2.83 bits per heavy atom. The summed E-state index contributed by atoms with van der Waals surface area (Å²) in [5.74, 6) is 1.48. The van der Waals surface area contributed by atoms with Crippen LogP contribution in [-0.4, -0.2) is 76.3 Å². The fourth-order valence-corrected chi connectivity index (χ4v) is 2.82. The first kappa shape index (κ1) is 18.0. The van der Waals surface area contributed by atoms with Crippen LogP contribution in [0, 0.1) is 0 Å². The van der Waals surface area contributed by atoms with E-state index >= 15 is 0 Å². The summed E-state index contributed by atoms with van der Waals surface area (Å²) >= 11 is 0. The molecule has 0 saturated carbocycles. The molecule has 0 amide bonds. The summed E-state index contributed by atoms with van der Waals surface area (Å²) in [4.78, 5) is 2.13. The maximum Gasteiger partial charge on any atom is 0.160 e. The van der Waals surface area contributed by atoms with Gasteiger partial charge in [0.1, 0.15) is 5.60 Å². The molecule has 1 aromatic rings. The van der Waals surface area contributed by atoms with Crippen LogP contribution in [0.4, 0.5) is 0 Å². The van der Waals surface area contributed by atoms with Crippen LogP contribution in [0.25, 0.3) is 0 Å². The van der Waals surface area contributed by atoms with Crippen LogP contribution in [0.3, 0.4) is 0 Å². The Morgan fingerprint density at radius 1 is 1.30 bits per heavy atom. The van der Waals surface area contributed by atoms with Crippen LogP contribution in [0.1, 0.15) is 5.56 Å². The van der Waals surface area contributed by atoms with Gasteiger partial charge in [0.05, 0.1) is 27.4 Å². The number of hydrogen-bond donors (Lipinski definition) is 2. The predicted molar refractivity (Wildman–Crippen MR) is 89.4 cm³/mol. The van der Waals surface area contributed by atoms with Crippen LogP contribution in [-0.2, 0) is 11.2 Å². The number of nitrogens with one attached hydrogen (secondary N) is 1. The second-order valence-corrected chi connectivity index (χ2v) is 6.13. The molecule has 1 heterocycles. The average Bonchev–Trinajstić information content (AvgIpc) is 2.77. The van der Waals surface area contributed by atoms with Gasteiger partial charge >= 0.3 is 0 Å². The van der Waals surface area contributed by atoms with Crippen LogP contribution in [0.2, 0.25) is 0 Å². The summed E-state index contributed by atoms with van der Waals surface area (Å²) < 4.78 is 16.0. The zero-order chi connectivity index (χ0) is 16.7. The quantitative estimate of drug-likeness (QED) is 0.763. The molecule has 0 radical (unpaired) electrons. The van der Waals surface area contributed by atoms with Gasteiger partial charge in [-0.25, -0.2) is 0 Å². The molecule has 1 aromatic carbocycles. The maximum absolute atomic E-state index is 10.6. The molecule has 0 unspecified atom stereocenters. The van der Waals surface area contributed by atoms with Gasteiger partial charge in [-0.15, -0.1) is 0 Å². The Bertz CT molecular complexity index is 487. The van der Waals surface area contributed by atoms with E-state index in [2.05, 4.69) is 10.2 Å². The van der Waals surface area contributed by atoms with Gasteiger partial charge in [0.2, 0.25) is 0 Å². The minimum Gasteiger partial charge on any atom is -0.493 e. The molecule has 2 N–H and O–H groups in total. The second-order valence-electron chi connectivity index (χ2n) is 6.13. The smallest absolute Gasteiger partial charge is 0.160 e. The Morgan fingerprint density at radius 2 is 2.09 bits per heavy atom. The lowest BCUT2D eigenvalue weighted by Crippen LogP contribution is -2.50. The number of ether oxygens (including phenoxy) is 3. The summed E-state index contributed by atoms with van der Waals surface area (Å²) in [7, 11) is 5.29. The Hall–Kier alpha value is -1.34. The minimum atomic E-state index is -0.831. The first-order valence-corrected chi connectivity index (χ1v) is 7.96. The molecular weight excluding hydrogens is 296 g/mol. The van der Waals surface area contributed by atoms with Crippen molar-refractivity contribution in [2.45, 2.75) is 12.0 Å². The molecule has 0 bridgehead atoms. The van der Waals surface area contributed by atoms with Crippen LogP contribution < -0.4 is 14.8 Å². The highest BCUT2D eigenvalue weighted by molar-refractivity contribution is 5.42. The Kier molecular flexibility index (Phi) is 6.65. The monoisotopic (exact) mass is 324 g/mol. The third-order valence-corrected chi connectivity index (χ3v) is 4.04. The molecule has 6 heteroatoms. The molecule has 0 spiro atoms. The summed E-state index contributed by atoms with van der Waals surface area (Å²) in [6.07, 6.45) is 0.876. The predicted octanol–water partition coefficient (Wildman–Crippen LogP) is 0.529. The number of hydrogen-bond acceptors (Lipinski definition) is 6. The highest BCUT2D eigenvalue weighted by Gasteiger charge is 2.30. The fraction of sp³-hybridized carbons (Fsp3) is 0.647. The topological polar surface area (TPSA) is 63.2 Å². The van der Waals surface area contributed by atoms with Crippen molar-refractivity contribution in [3.8, 4) is 11.5 Å². The molecule has 0 aromatic heterocycles. The lowest BCUT2D eigenvalue weighted by molar-refractivity contribution is -0.0448. The van der Waals surface area contributed by atoms with Gasteiger partial charge in [-0.05, 0) is 31.2 Å². The normalized spacial score (nSPS) is 22.0. The van der Waals surface area contributed by atoms with E-state index in [0.717, 1.165) is 31.0 Å². The molecule has 1 atom stereocenters. The number of rotatable bonds is 7. The highest BCUT2D eigenvalue weighted by Crippen LogP contribution is 2.27. The summed E-state index contributed by atoms with van der Waals surface area (Å²) in [5.41, 5.74) is 0.347. The van der Waals surface area contributed by atoms with Gasteiger partial charge in [0, 0.05) is 26.2 Å². The first-order chi connectivity index (χ1) is 11.1. The molecule has 1 saturated heterocycles. The molecule has 130 valence electrons. The SMILES string of the molecule is COc1ccc(CCN(C)C[C@@]2(O)CNCCOC2)cc1OC. The van der Waals surface area contributed by atoms with Crippen molar-refractivity contribution in [1.29, 1.82) is 0 Å². The van der Waals surface area contributed by atoms with E-state index in [4.69, 9.17) is 14.2 Å². The van der Waals surface area contributed by atoms with Crippen molar-refractivity contribution in [2.75, 3.05) is 60.7 Å². The first-order valence-electron chi connectivity index (χ1n) is 7.96. The van der Waals surface area contributed by atoms with Gasteiger partial charge in [-0.2, -0.15) is 0 Å². The molecule has 6 nitrogen and oxygen atoms in total. The number of aliphatic hydroxyl groups is 1. The van der Waals surface area contributed by atoms with Crippen molar-refractivity contribution < 1.29 is 19.3 Å². The zero-order valence-electron chi connectivity index (χ0n) is 14.3. The van der Waals surface area contributed by atoms with Crippen LogP contribution in [0.15, 0.2) is 18.2 Å². The Balaban J connectivity index is 1.87. The molecule has 1 aliphatic heterocycles. The van der Waals surface area contributed by atoms with Crippen molar-refractivity contribution in [2.24, 2.45) is 0 Å². The van der Waals surface area contributed by atoms with Crippen molar-refractivity contribution in [3.63, 3.8) is 0 Å². The van der Waals surface area contributed by atoms with E-state index in [0.29, 0.717) is 26.3 Å². The largest absolute Gasteiger partial charge is 0.493 e. The number of benzene rings is 1. The number of likely N-dealkylation sites (N-methyl/N-ethyl adjacent to an activating group) is 1. The van der Waals surface area contributed by atoms with Gasteiger partial charge in [-0.1, -0.05) is 6.07 Å². The van der Waals surface area contributed by atoms with Gasteiger partial charge in [0.15, 0.2) is 11.5 Å². The van der Waals surface area contributed by atoms with Crippen molar-refractivity contribution in [1.82, 2.24) is 10.2 Å². The number of nitrogens with zero attached hydrogens (tertiary/aromatic N) is 1. The molecule has 23 heavy (non-hydrogen) atoms. The third kappa shape index (κ3) is 5.35. The van der Waals surface area contributed by atoms with E-state index in [1.54, 1.807) is 14.2 Å². The lowest BCUT2D eigenvalue weighted by atomic mass is 10.0. The lowest BCUT2D eigenvalue weighted by Gasteiger charge is -2.31. The van der Waals surface area contributed by atoms with E-state index < -0.39 is 5.60 Å². The second kappa shape index (κ2) is 8.49. The molecule has 0 aliphatic carbocycles. The van der Waals surface area contributed by atoms with E-state index in [1.807, 2.05) is 25.2 Å². The standard InChI is InChI=1S/C17H28N2O4/c1-19(12-17(20)11-18-7-9-23-13-17)8-6-14-4-5-15(21-2)16(10-14)22-3/h4-5,10,18,20H,6-9,11-13H2,1-3H3/t17-/m0/s1. The minimum absolute atomic E-state index is 0.376. The molecule has 2 rings (SSSR count). The van der Waals surface area contributed by atoms with Gasteiger partial charge in [-0.3, -0.25) is 0 Å². The molecular formula is C17H28N2O4. The average molecular weight is 324 g/mol. The highest BCUT2D eigenvalue weighted by atomic mass is 16.5. The summed E-state index contributed by atoms with van der Waals surface area (Å²) in [5, 5.41) is 13.8. The third-order valence-electron chi connectivity index (χ3n) is 4.04. The van der Waals surface area contributed by atoms with E-state index in [9.17, 15) is 5.11 Å². The van der Waals surface area contributed by atoms with Crippen LogP contribution >= 0.6 is 0 Å². The van der Waals surface area contributed by atoms with E-state index in [1.165, 1.54) is 5.56 Å². The van der Waals surface area contributed by atoms with Crippen LogP contribution in [0.5, 0.6) is 11.5 Å². The van der Waals surface area contributed by atoms with Crippen molar-refractivity contribution in [3.05, 3.63) is 23.8 Å². The Labute approximate surface area is 138 Å². The number of β-amino-alcohol motifs (C(OH)–C–C–N with tert-alkyl or cyclic N) is 1. The van der Waals surface area contributed by atoms with Gasteiger partial charge in [0.25, 0.3) is 0 Å². The van der Waals surface area contributed by atoms with Crippen molar-refractivity contribution >= 4 is 0 Å². The number of methoxy groups -OCH3 is 2.